The summed E-state index contributed by atoms with van der Waals surface area (Å²) in [6, 6.07) is 4.68. The number of nitrogens with one attached hydrogen (secondary N) is 1. The number of amides is 1. The molecule has 3 N–H and O–H groups in total. The summed E-state index contributed by atoms with van der Waals surface area (Å²) in [6.45, 7) is 3.58. The Hall–Kier alpha value is -1.79. The zero-order valence-corrected chi connectivity index (χ0v) is 12.5. The van der Waals surface area contributed by atoms with Gasteiger partial charge in [-0.3, -0.25) is 4.79 Å². The van der Waals surface area contributed by atoms with Gasteiger partial charge in [-0.1, -0.05) is 0 Å². The quantitative estimate of drug-likeness (QED) is 0.806. The van der Waals surface area contributed by atoms with Gasteiger partial charge in [0.2, 0.25) is 5.91 Å². The van der Waals surface area contributed by atoms with Crippen LogP contribution in [0, 0.1) is 0 Å². The molecule has 0 aromatic heterocycles. The maximum Gasteiger partial charge on any atom is 0.337 e. The van der Waals surface area contributed by atoms with Crippen LogP contribution in [-0.2, 0) is 9.53 Å². The predicted octanol–water partition coefficient (Wildman–Crippen LogP) is 1.58. The Labute approximate surface area is 124 Å². The van der Waals surface area contributed by atoms with Gasteiger partial charge in [-0.15, -0.1) is 12.4 Å². The zero-order chi connectivity index (χ0) is 14.4. The van der Waals surface area contributed by atoms with E-state index in [-0.39, 0.29) is 31.0 Å². The summed E-state index contributed by atoms with van der Waals surface area (Å²) in [4.78, 5) is 22.8. The van der Waals surface area contributed by atoms with Crippen LogP contribution in [0.3, 0.4) is 0 Å². The molecule has 1 aromatic carbocycles. The van der Waals surface area contributed by atoms with Gasteiger partial charge in [-0.2, -0.15) is 0 Å². The van der Waals surface area contributed by atoms with E-state index in [0.29, 0.717) is 17.0 Å². The number of ether oxygens (including phenoxy) is 2. The summed E-state index contributed by atoms with van der Waals surface area (Å²) in [5, 5.41) is 2.59. The van der Waals surface area contributed by atoms with Crippen LogP contribution in [0.2, 0.25) is 0 Å². The lowest BCUT2D eigenvalue weighted by Crippen LogP contribution is -2.22. The lowest BCUT2D eigenvalue weighted by molar-refractivity contribution is -0.114. The minimum absolute atomic E-state index is 0. The van der Waals surface area contributed by atoms with Gasteiger partial charge in [0, 0.05) is 0 Å². The van der Waals surface area contributed by atoms with Crippen molar-refractivity contribution in [2.75, 3.05) is 19.0 Å². The number of hydrogen-bond donors (Lipinski definition) is 2. The van der Waals surface area contributed by atoms with E-state index in [1.807, 2.05) is 13.8 Å². The van der Waals surface area contributed by atoms with Crippen molar-refractivity contribution >= 4 is 30.0 Å². The number of rotatable bonds is 5. The van der Waals surface area contributed by atoms with Gasteiger partial charge in [0.1, 0.15) is 5.75 Å². The van der Waals surface area contributed by atoms with Crippen LogP contribution < -0.4 is 15.8 Å². The first-order valence-electron chi connectivity index (χ1n) is 5.86. The molecular formula is C13H19ClN2O4. The molecule has 0 unspecified atom stereocenters. The molecule has 0 atom stereocenters. The lowest BCUT2D eigenvalue weighted by atomic mass is 10.2. The third-order valence-corrected chi connectivity index (χ3v) is 2.22. The highest BCUT2D eigenvalue weighted by atomic mass is 35.5. The molecule has 0 radical (unpaired) electrons. The van der Waals surface area contributed by atoms with Crippen LogP contribution in [0.15, 0.2) is 18.2 Å². The molecule has 0 aliphatic rings. The first-order valence-corrected chi connectivity index (χ1v) is 5.86. The molecule has 112 valence electrons. The predicted molar refractivity (Wildman–Crippen MR) is 78.5 cm³/mol. The van der Waals surface area contributed by atoms with Crippen molar-refractivity contribution < 1.29 is 19.1 Å². The molecule has 6 nitrogen and oxygen atoms in total. The van der Waals surface area contributed by atoms with Crippen LogP contribution in [0.4, 0.5) is 5.69 Å². The van der Waals surface area contributed by atoms with Crippen LogP contribution in [-0.4, -0.2) is 31.6 Å². The highest BCUT2D eigenvalue weighted by Crippen LogP contribution is 2.27. The average Bonchev–Trinajstić information content (AvgIpc) is 2.39. The van der Waals surface area contributed by atoms with Gasteiger partial charge in [-0.25, -0.2) is 4.79 Å². The van der Waals surface area contributed by atoms with Crippen LogP contribution in [0.5, 0.6) is 5.75 Å². The standard InChI is InChI=1S/C13H18N2O4.ClH/c1-8(2)19-11-5-4-9(13(17)18-3)6-10(11)15-12(16)7-14;/h4-6,8H,7,14H2,1-3H3,(H,15,16);1H. The summed E-state index contributed by atoms with van der Waals surface area (Å²) >= 11 is 0. The molecule has 0 spiro atoms. The number of benzene rings is 1. The molecule has 0 aliphatic carbocycles. The molecule has 0 saturated carbocycles. The van der Waals surface area contributed by atoms with Gasteiger partial charge < -0.3 is 20.5 Å². The molecular weight excluding hydrogens is 284 g/mol. The molecule has 20 heavy (non-hydrogen) atoms. The number of carbonyl (C=O) groups excluding carboxylic acids is 2. The highest BCUT2D eigenvalue weighted by Gasteiger charge is 2.13. The Morgan fingerprint density at radius 1 is 1.35 bits per heavy atom. The fraction of sp³-hybridized carbons (Fsp3) is 0.385. The number of carbonyl (C=O) groups is 2. The Morgan fingerprint density at radius 3 is 2.50 bits per heavy atom. The number of methoxy groups -OCH3 is 1. The van der Waals surface area contributed by atoms with Crippen LogP contribution >= 0.6 is 12.4 Å². The summed E-state index contributed by atoms with van der Waals surface area (Å²) in [7, 11) is 1.29. The molecule has 0 heterocycles. The van der Waals surface area contributed by atoms with E-state index in [2.05, 4.69) is 10.1 Å². The molecule has 1 aromatic rings. The summed E-state index contributed by atoms with van der Waals surface area (Å²) < 4.78 is 10.2. The van der Waals surface area contributed by atoms with Crippen molar-refractivity contribution in [1.29, 1.82) is 0 Å². The Morgan fingerprint density at radius 2 is 2.00 bits per heavy atom. The zero-order valence-electron chi connectivity index (χ0n) is 11.6. The number of esters is 1. The van der Waals surface area contributed by atoms with E-state index < -0.39 is 5.97 Å². The molecule has 0 aliphatic heterocycles. The molecule has 0 fully saturated rings. The minimum Gasteiger partial charge on any atom is -0.489 e. The lowest BCUT2D eigenvalue weighted by Gasteiger charge is -2.15. The van der Waals surface area contributed by atoms with E-state index in [9.17, 15) is 9.59 Å². The molecule has 0 bridgehead atoms. The molecule has 0 saturated heterocycles. The monoisotopic (exact) mass is 302 g/mol. The van der Waals surface area contributed by atoms with Crippen molar-refractivity contribution in [3.8, 4) is 5.75 Å². The summed E-state index contributed by atoms with van der Waals surface area (Å²) in [5.74, 6) is -0.376. The second-order valence-electron chi connectivity index (χ2n) is 4.12. The van der Waals surface area contributed by atoms with E-state index in [4.69, 9.17) is 10.5 Å². The second-order valence-corrected chi connectivity index (χ2v) is 4.12. The van der Waals surface area contributed by atoms with Crippen LogP contribution in [0.25, 0.3) is 0 Å². The Bertz CT molecular complexity index is 477. The SMILES string of the molecule is COC(=O)c1ccc(OC(C)C)c(NC(=O)CN)c1.Cl. The van der Waals surface area contributed by atoms with Crippen molar-refractivity contribution in [3.05, 3.63) is 23.8 Å². The minimum atomic E-state index is -0.487. The maximum atomic E-state index is 11.5. The molecule has 1 rings (SSSR count). The third kappa shape index (κ3) is 5.07. The van der Waals surface area contributed by atoms with Crippen molar-refractivity contribution in [2.24, 2.45) is 5.73 Å². The highest BCUT2D eigenvalue weighted by molar-refractivity contribution is 5.96. The fourth-order valence-electron chi connectivity index (χ4n) is 1.43. The van der Waals surface area contributed by atoms with Gasteiger partial charge in [0.05, 0.1) is 31.0 Å². The van der Waals surface area contributed by atoms with Gasteiger partial charge in [-0.05, 0) is 32.0 Å². The summed E-state index contributed by atoms with van der Waals surface area (Å²) in [6.07, 6.45) is -0.0579. The van der Waals surface area contributed by atoms with E-state index in [1.54, 1.807) is 12.1 Å². The fourth-order valence-corrected chi connectivity index (χ4v) is 1.43. The number of anilines is 1. The van der Waals surface area contributed by atoms with Gasteiger partial charge >= 0.3 is 5.97 Å². The first kappa shape index (κ1) is 18.2. The van der Waals surface area contributed by atoms with Crippen molar-refractivity contribution in [2.45, 2.75) is 20.0 Å². The largest absolute Gasteiger partial charge is 0.489 e. The smallest absolute Gasteiger partial charge is 0.337 e. The molecule has 7 heteroatoms. The molecule has 1 amide bonds. The van der Waals surface area contributed by atoms with Crippen molar-refractivity contribution in [3.63, 3.8) is 0 Å². The van der Waals surface area contributed by atoms with Gasteiger partial charge in [0.15, 0.2) is 0 Å². The normalized spacial score (nSPS) is 9.65. The number of hydrogen-bond acceptors (Lipinski definition) is 5. The summed E-state index contributed by atoms with van der Waals surface area (Å²) in [5.41, 5.74) is 5.97. The topological polar surface area (TPSA) is 90.6 Å². The Kier molecular flexibility index (Phi) is 7.64. The van der Waals surface area contributed by atoms with E-state index in [1.165, 1.54) is 13.2 Å². The maximum absolute atomic E-state index is 11.5. The van der Waals surface area contributed by atoms with Crippen molar-refractivity contribution in [1.82, 2.24) is 0 Å². The Balaban J connectivity index is 0.00000361. The van der Waals surface area contributed by atoms with E-state index >= 15 is 0 Å². The second kappa shape index (κ2) is 8.39. The average molecular weight is 303 g/mol. The number of nitrogens with two attached hydrogens (primary N) is 1. The first-order chi connectivity index (χ1) is 8.97. The van der Waals surface area contributed by atoms with E-state index in [0.717, 1.165) is 0 Å². The third-order valence-electron chi connectivity index (χ3n) is 2.22. The van der Waals surface area contributed by atoms with Gasteiger partial charge in [0.25, 0.3) is 0 Å². The number of halogens is 1. The van der Waals surface area contributed by atoms with Crippen LogP contribution in [0.1, 0.15) is 24.2 Å².